The number of carbonyl (C=O) groups is 1. The summed E-state index contributed by atoms with van der Waals surface area (Å²) in [5.74, 6) is -0.324. The quantitative estimate of drug-likeness (QED) is 0.756. The van der Waals surface area contributed by atoms with E-state index in [2.05, 4.69) is 0 Å². The molecule has 1 aromatic carbocycles. The molecule has 0 aliphatic heterocycles. The molecule has 1 unspecified atom stereocenters. The van der Waals surface area contributed by atoms with Gasteiger partial charge in [0.15, 0.2) is 0 Å². The van der Waals surface area contributed by atoms with Crippen molar-refractivity contribution in [3.8, 4) is 0 Å². The summed E-state index contributed by atoms with van der Waals surface area (Å²) in [4.78, 5) is 12.2. The van der Waals surface area contributed by atoms with Crippen LogP contribution >= 0.6 is 0 Å². The van der Waals surface area contributed by atoms with Crippen molar-refractivity contribution in [1.82, 2.24) is 0 Å². The summed E-state index contributed by atoms with van der Waals surface area (Å²) in [6.45, 7) is 5.57. The average Bonchev–Trinajstić information content (AvgIpc) is 2.56. The van der Waals surface area contributed by atoms with E-state index >= 15 is 0 Å². The van der Waals surface area contributed by atoms with Crippen LogP contribution in [0, 0.1) is 0 Å². The van der Waals surface area contributed by atoms with Crippen LogP contribution in [0.2, 0.25) is 0 Å². The summed E-state index contributed by atoms with van der Waals surface area (Å²) < 4.78 is 5.42. The summed E-state index contributed by atoms with van der Waals surface area (Å²) in [7, 11) is 0. The van der Waals surface area contributed by atoms with E-state index in [0.717, 1.165) is 17.5 Å². The first-order valence-corrected chi connectivity index (χ1v) is 5.94. The number of rotatable bonds is 1. The minimum Gasteiger partial charge on any atom is -0.458 e. The second-order valence-corrected chi connectivity index (χ2v) is 5.63. The lowest BCUT2D eigenvalue weighted by Crippen LogP contribution is -2.46. The zero-order chi connectivity index (χ0) is 12.7. The molecule has 0 heterocycles. The third-order valence-electron chi connectivity index (χ3n) is 3.05. The topological polar surface area (TPSA) is 52.3 Å². The summed E-state index contributed by atoms with van der Waals surface area (Å²) >= 11 is 0. The number of hydrogen-bond donors (Lipinski definition) is 1. The van der Waals surface area contributed by atoms with Crippen LogP contribution in [0.4, 0.5) is 0 Å². The largest absolute Gasteiger partial charge is 0.458 e. The average molecular weight is 233 g/mol. The van der Waals surface area contributed by atoms with Gasteiger partial charge in [-0.3, -0.25) is 0 Å². The predicted molar refractivity (Wildman–Crippen MR) is 66.5 cm³/mol. The van der Waals surface area contributed by atoms with Crippen LogP contribution in [-0.4, -0.2) is 11.6 Å². The first-order chi connectivity index (χ1) is 7.83. The lowest BCUT2D eigenvalue weighted by Gasteiger charge is -2.28. The lowest BCUT2D eigenvalue weighted by molar-refractivity contribution is -0.162. The molecule has 92 valence electrons. The number of esters is 1. The molecule has 3 heteroatoms. The van der Waals surface area contributed by atoms with Gasteiger partial charge in [0.05, 0.1) is 0 Å². The third-order valence-corrected chi connectivity index (χ3v) is 3.05. The number of fused-ring (bicyclic) bond motifs is 1. The fourth-order valence-corrected chi connectivity index (χ4v) is 2.22. The van der Waals surface area contributed by atoms with E-state index in [4.69, 9.17) is 10.5 Å². The van der Waals surface area contributed by atoms with Crippen LogP contribution in [0.3, 0.4) is 0 Å². The first kappa shape index (κ1) is 12.1. The highest BCUT2D eigenvalue weighted by molar-refractivity contribution is 5.84. The molecule has 0 amide bonds. The SMILES string of the molecule is CC(C)(C)OC(=O)C1(N)CCc2ccccc21. The van der Waals surface area contributed by atoms with Crippen molar-refractivity contribution in [2.45, 2.75) is 44.8 Å². The van der Waals surface area contributed by atoms with Crippen LogP contribution in [0.5, 0.6) is 0 Å². The lowest BCUT2D eigenvalue weighted by atomic mass is 9.93. The highest BCUT2D eigenvalue weighted by Gasteiger charge is 2.44. The van der Waals surface area contributed by atoms with Gasteiger partial charge >= 0.3 is 5.97 Å². The van der Waals surface area contributed by atoms with E-state index in [0.29, 0.717) is 6.42 Å². The minimum atomic E-state index is -0.968. The second-order valence-electron chi connectivity index (χ2n) is 5.63. The van der Waals surface area contributed by atoms with Crippen LogP contribution < -0.4 is 5.73 Å². The van der Waals surface area contributed by atoms with Crippen molar-refractivity contribution in [2.24, 2.45) is 5.73 Å². The number of aryl methyl sites for hydroxylation is 1. The maximum atomic E-state index is 12.2. The van der Waals surface area contributed by atoms with Gasteiger partial charge in [0.1, 0.15) is 11.1 Å². The molecule has 2 rings (SSSR count). The smallest absolute Gasteiger partial charge is 0.331 e. The van der Waals surface area contributed by atoms with Gasteiger partial charge in [-0.05, 0) is 44.7 Å². The Morgan fingerprint density at radius 2 is 2.00 bits per heavy atom. The minimum absolute atomic E-state index is 0.324. The Morgan fingerprint density at radius 1 is 1.35 bits per heavy atom. The van der Waals surface area contributed by atoms with E-state index < -0.39 is 11.1 Å². The maximum Gasteiger partial charge on any atom is 0.331 e. The summed E-state index contributed by atoms with van der Waals surface area (Å²) in [5, 5.41) is 0. The number of benzene rings is 1. The molecule has 0 aromatic heterocycles. The molecule has 0 bridgehead atoms. The molecule has 1 aliphatic rings. The van der Waals surface area contributed by atoms with Crippen LogP contribution in [0.1, 0.15) is 38.3 Å². The Hall–Kier alpha value is -1.35. The Kier molecular flexibility index (Phi) is 2.74. The van der Waals surface area contributed by atoms with Crippen LogP contribution in [-0.2, 0) is 21.5 Å². The highest BCUT2D eigenvalue weighted by atomic mass is 16.6. The van der Waals surface area contributed by atoms with E-state index in [1.807, 2.05) is 45.0 Å². The number of hydrogen-bond acceptors (Lipinski definition) is 3. The molecule has 0 spiro atoms. The third kappa shape index (κ3) is 2.20. The molecule has 1 aromatic rings. The zero-order valence-electron chi connectivity index (χ0n) is 10.6. The molecular weight excluding hydrogens is 214 g/mol. The standard InChI is InChI=1S/C14H19NO2/c1-13(2,3)17-12(16)14(15)9-8-10-6-4-5-7-11(10)14/h4-7H,8-9,15H2,1-3H3. The van der Waals surface area contributed by atoms with Gasteiger partial charge in [0.2, 0.25) is 0 Å². The van der Waals surface area contributed by atoms with Gasteiger partial charge in [-0.2, -0.15) is 0 Å². The van der Waals surface area contributed by atoms with Crippen molar-refractivity contribution in [3.05, 3.63) is 35.4 Å². The molecule has 0 saturated carbocycles. The predicted octanol–water partition coefficient (Wildman–Crippen LogP) is 2.13. The monoisotopic (exact) mass is 233 g/mol. The summed E-state index contributed by atoms with van der Waals surface area (Å²) in [6, 6.07) is 7.83. The van der Waals surface area contributed by atoms with Gasteiger partial charge < -0.3 is 10.5 Å². The highest BCUT2D eigenvalue weighted by Crippen LogP contribution is 2.36. The Morgan fingerprint density at radius 3 is 2.65 bits per heavy atom. The molecule has 3 nitrogen and oxygen atoms in total. The van der Waals surface area contributed by atoms with Crippen molar-refractivity contribution in [3.63, 3.8) is 0 Å². The van der Waals surface area contributed by atoms with Gasteiger partial charge in [0, 0.05) is 0 Å². The molecular formula is C14H19NO2. The van der Waals surface area contributed by atoms with Crippen molar-refractivity contribution >= 4 is 5.97 Å². The summed E-state index contributed by atoms with van der Waals surface area (Å²) in [6.07, 6.45) is 1.47. The first-order valence-electron chi connectivity index (χ1n) is 5.94. The normalized spacial score (nSPS) is 23.3. The Labute approximate surface area is 102 Å². The van der Waals surface area contributed by atoms with Gasteiger partial charge in [-0.25, -0.2) is 4.79 Å². The molecule has 1 aliphatic carbocycles. The van der Waals surface area contributed by atoms with E-state index in [9.17, 15) is 4.79 Å². The maximum absolute atomic E-state index is 12.2. The Bertz CT molecular complexity index is 448. The van der Waals surface area contributed by atoms with Gasteiger partial charge in [0.25, 0.3) is 0 Å². The van der Waals surface area contributed by atoms with Gasteiger partial charge in [-0.15, -0.1) is 0 Å². The molecule has 0 saturated heterocycles. The number of ether oxygens (including phenoxy) is 1. The molecule has 0 fully saturated rings. The van der Waals surface area contributed by atoms with Crippen molar-refractivity contribution in [1.29, 1.82) is 0 Å². The Balaban J connectivity index is 2.30. The summed E-state index contributed by atoms with van der Waals surface area (Å²) in [5.41, 5.74) is 6.84. The number of carbonyl (C=O) groups excluding carboxylic acids is 1. The number of nitrogens with two attached hydrogens (primary N) is 1. The zero-order valence-corrected chi connectivity index (χ0v) is 10.6. The fraction of sp³-hybridized carbons (Fsp3) is 0.500. The van der Waals surface area contributed by atoms with Crippen LogP contribution in [0.25, 0.3) is 0 Å². The molecule has 17 heavy (non-hydrogen) atoms. The molecule has 0 radical (unpaired) electrons. The molecule has 2 N–H and O–H groups in total. The second kappa shape index (κ2) is 3.84. The molecule has 1 atom stereocenters. The fourth-order valence-electron chi connectivity index (χ4n) is 2.22. The van der Waals surface area contributed by atoms with Crippen LogP contribution in [0.15, 0.2) is 24.3 Å². The van der Waals surface area contributed by atoms with Crippen molar-refractivity contribution in [2.75, 3.05) is 0 Å². The van der Waals surface area contributed by atoms with E-state index in [1.165, 1.54) is 0 Å². The van der Waals surface area contributed by atoms with Crippen molar-refractivity contribution < 1.29 is 9.53 Å². The van der Waals surface area contributed by atoms with E-state index in [1.54, 1.807) is 0 Å². The van der Waals surface area contributed by atoms with E-state index in [-0.39, 0.29) is 5.97 Å². The van der Waals surface area contributed by atoms with Gasteiger partial charge in [-0.1, -0.05) is 24.3 Å².